The third-order valence-electron chi connectivity index (χ3n) is 9.69. The van der Waals surface area contributed by atoms with Gasteiger partial charge in [-0.3, -0.25) is 0 Å². The molecule has 1 heteroatoms. The van der Waals surface area contributed by atoms with Crippen LogP contribution in [0.5, 0.6) is 0 Å². The monoisotopic (exact) mass is 584 g/mol. The van der Waals surface area contributed by atoms with E-state index in [0.717, 1.165) is 6.42 Å². The number of fused-ring (bicyclic) bond motifs is 3. The van der Waals surface area contributed by atoms with Crippen molar-refractivity contribution in [2.45, 2.75) is 125 Å². The average Bonchev–Trinajstić information content (AvgIpc) is 3.49. The van der Waals surface area contributed by atoms with Crippen molar-refractivity contribution < 1.29 is 21.3 Å². The second-order valence-corrected chi connectivity index (χ2v) is 21.4. The van der Waals surface area contributed by atoms with Gasteiger partial charge < -0.3 is 0 Å². The van der Waals surface area contributed by atoms with Crippen molar-refractivity contribution in [3.05, 3.63) is 73.6 Å². The topological polar surface area (TPSA) is 0 Å². The van der Waals surface area contributed by atoms with Crippen LogP contribution in [0.4, 0.5) is 0 Å². The van der Waals surface area contributed by atoms with Gasteiger partial charge in [-0.1, -0.05) is 0 Å². The Morgan fingerprint density at radius 1 is 0.763 bits per heavy atom. The van der Waals surface area contributed by atoms with Crippen LogP contribution in [0, 0.1) is 5.41 Å². The predicted octanol–water partition coefficient (Wildman–Crippen LogP) is 9.88. The van der Waals surface area contributed by atoms with E-state index in [1.54, 1.807) is 22.3 Å². The minimum absolute atomic E-state index is 0.150. The van der Waals surface area contributed by atoms with E-state index >= 15 is 0 Å². The van der Waals surface area contributed by atoms with Crippen molar-refractivity contribution in [3.8, 4) is 11.1 Å². The molecule has 0 heterocycles. The Balaban J connectivity index is 1.74. The molecule has 38 heavy (non-hydrogen) atoms. The van der Waals surface area contributed by atoms with Crippen LogP contribution in [-0.2, 0) is 38.5 Å². The second kappa shape index (κ2) is 10.3. The van der Waals surface area contributed by atoms with E-state index in [0.29, 0.717) is 0 Å². The molecule has 0 unspecified atom stereocenters. The minimum atomic E-state index is -2.24. The van der Waals surface area contributed by atoms with E-state index in [1.165, 1.54) is 61.6 Å². The molecular weight excluding hydrogens is 536 g/mol. The van der Waals surface area contributed by atoms with Crippen LogP contribution in [0.15, 0.2) is 51.3 Å². The van der Waals surface area contributed by atoms with E-state index in [1.807, 2.05) is 9.76 Å². The Hall–Kier alpha value is -1.33. The van der Waals surface area contributed by atoms with Gasteiger partial charge >= 0.3 is 242 Å². The van der Waals surface area contributed by atoms with E-state index in [4.69, 9.17) is 0 Å². The van der Waals surface area contributed by atoms with Gasteiger partial charge in [0.15, 0.2) is 0 Å². The number of hydrogen-bond acceptors (Lipinski definition) is 0. The first kappa shape index (κ1) is 28.2. The summed E-state index contributed by atoms with van der Waals surface area (Å²) in [5.41, 5.74) is 11.5. The second-order valence-electron chi connectivity index (χ2n) is 14.9. The molecule has 3 aliphatic carbocycles. The third-order valence-corrected chi connectivity index (χ3v) is 17.5. The molecular formula is C37H50Zr. The van der Waals surface area contributed by atoms with Gasteiger partial charge in [0, 0.05) is 0 Å². The molecule has 3 aliphatic rings. The molecule has 202 valence electrons. The van der Waals surface area contributed by atoms with Gasteiger partial charge in [0.25, 0.3) is 0 Å². The zero-order valence-electron chi connectivity index (χ0n) is 25.7. The Morgan fingerprint density at radius 2 is 1.42 bits per heavy atom. The number of hydrogen-bond donors (Lipinski definition) is 0. The summed E-state index contributed by atoms with van der Waals surface area (Å²) in [6, 6.07) is 12.7. The number of benzene rings is 2. The summed E-state index contributed by atoms with van der Waals surface area (Å²) in [6.07, 6.45) is 15.8. The average molecular weight is 586 g/mol. The number of allylic oxidation sites excluding steroid dienone is 4. The summed E-state index contributed by atoms with van der Waals surface area (Å²) in [4.78, 5) is 0. The first-order valence-corrected chi connectivity index (χ1v) is 18.9. The van der Waals surface area contributed by atoms with Crippen molar-refractivity contribution in [1.29, 1.82) is 0 Å². The zero-order chi connectivity index (χ0) is 27.5. The normalized spacial score (nSPS) is 17.8. The van der Waals surface area contributed by atoms with E-state index < -0.39 is 21.3 Å². The van der Waals surface area contributed by atoms with Crippen molar-refractivity contribution in [1.82, 2.24) is 0 Å². The molecule has 0 saturated heterocycles. The summed E-state index contributed by atoms with van der Waals surface area (Å²) in [5, 5.41) is 0. The fourth-order valence-electron chi connectivity index (χ4n) is 6.59. The molecule has 1 saturated carbocycles. The van der Waals surface area contributed by atoms with Gasteiger partial charge in [-0.2, -0.15) is 0 Å². The SMILES string of the molecule is CCC(C)(C)C1=CC[C]([Zr](=[C]2CCCCC2)[c]2cc(C(C)(C)C)cc3c2Cc2ccc(C(C)(C)C)cc2-3)=C1. The molecule has 0 radical (unpaired) electrons. The molecule has 0 amide bonds. The fourth-order valence-corrected chi connectivity index (χ4v) is 15.1. The van der Waals surface area contributed by atoms with Crippen LogP contribution >= 0.6 is 0 Å². The Morgan fingerprint density at radius 3 is 2.05 bits per heavy atom. The molecule has 0 aromatic heterocycles. The first-order valence-electron chi connectivity index (χ1n) is 15.2. The van der Waals surface area contributed by atoms with Crippen LogP contribution in [0.1, 0.15) is 130 Å². The summed E-state index contributed by atoms with van der Waals surface area (Å²) in [6.45, 7) is 21.5. The van der Waals surface area contributed by atoms with Gasteiger partial charge in [0.05, 0.1) is 0 Å². The van der Waals surface area contributed by atoms with Crippen molar-refractivity contribution in [2.75, 3.05) is 0 Å². The molecule has 0 aliphatic heterocycles. The molecule has 1 fully saturated rings. The van der Waals surface area contributed by atoms with E-state index in [9.17, 15) is 0 Å². The molecule has 0 N–H and O–H groups in total. The van der Waals surface area contributed by atoms with E-state index in [2.05, 4.69) is 105 Å². The third kappa shape index (κ3) is 5.36. The molecule has 2 aromatic rings. The predicted molar refractivity (Wildman–Crippen MR) is 165 cm³/mol. The van der Waals surface area contributed by atoms with Crippen LogP contribution in [0.25, 0.3) is 11.1 Å². The van der Waals surface area contributed by atoms with Gasteiger partial charge in [-0.05, 0) is 0 Å². The van der Waals surface area contributed by atoms with Gasteiger partial charge in [-0.25, -0.2) is 0 Å². The standard InChI is InChI=1S/C21H25.C10H15.C6H10.Zr/c1-20(2,3)16-9-7-14-11-15-8-10-17(21(4,5)6)13-19(15)18(14)12-16;1-4-10(2,3)9-7-5-6-8-9;1-2-4-6-5-3-1;/h7,9-10,12-13H,11H2,1-6H3;7-8H,4-5H2,1-3H3;1-5H2;. The first-order chi connectivity index (χ1) is 17.8. The Kier molecular flexibility index (Phi) is 7.61. The summed E-state index contributed by atoms with van der Waals surface area (Å²) in [5.74, 6) is 0. The maximum absolute atomic E-state index is 2.72. The summed E-state index contributed by atoms with van der Waals surface area (Å²) in [7, 11) is 0. The Labute approximate surface area is 241 Å². The van der Waals surface area contributed by atoms with Crippen molar-refractivity contribution in [2.24, 2.45) is 5.41 Å². The van der Waals surface area contributed by atoms with Crippen LogP contribution in [0.2, 0.25) is 0 Å². The molecule has 0 spiro atoms. The molecule has 0 bridgehead atoms. The molecule has 0 atom stereocenters. The Bertz CT molecular complexity index is 1340. The van der Waals surface area contributed by atoms with Crippen LogP contribution < -0.4 is 3.27 Å². The van der Waals surface area contributed by atoms with Crippen LogP contribution in [0.3, 0.4) is 0 Å². The summed E-state index contributed by atoms with van der Waals surface area (Å²) >= 11 is -2.24. The fraction of sp³-hybridized carbons (Fsp3) is 0.541. The summed E-state index contributed by atoms with van der Waals surface area (Å²) < 4.78 is 5.66. The van der Waals surface area contributed by atoms with Gasteiger partial charge in [0.1, 0.15) is 0 Å². The molecule has 2 aromatic carbocycles. The maximum atomic E-state index is 2.72. The number of rotatable bonds is 4. The zero-order valence-corrected chi connectivity index (χ0v) is 28.2. The quantitative estimate of drug-likeness (QED) is 0.286. The molecule has 0 nitrogen and oxygen atoms in total. The van der Waals surface area contributed by atoms with Crippen molar-refractivity contribution in [3.63, 3.8) is 0 Å². The van der Waals surface area contributed by atoms with Gasteiger partial charge in [-0.15, -0.1) is 0 Å². The van der Waals surface area contributed by atoms with Gasteiger partial charge in [0.2, 0.25) is 0 Å². The molecule has 5 rings (SSSR count). The van der Waals surface area contributed by atoms with Crippen molar-refractivity contribution >= 4 is 6.48 Å². The van der Waals surface area contributed by atoms with Crippen LogP contribution in [-0.4, -0.2) is 3.21 Å². The van der Waals surface area contributed by atoms with E-state index in [-0.39, 0.29) is 16.2 Å².